The van der Waals surface area contributed by atoms with Crippen molar-refractivity contribution < 1.29 is 9.59 Å². The summed E-state index contributed by atoms with van der Waals surface area (Å²) in [5.41, 5.74) is 0. The second kappa shape index (κ2) is 8.19. The highest BCUT2D eigenvalue weighted by Gasteiger charge is 2.37. The van der Waals surface area contributed by atoms with E-state index in [0.29, 0.717) is 24.4 Å². The first-order valence-electron chi connectivity index (χ1n) is 10.6. The zero-order valence-electron chi connectivity index (χ0n) is 17.1. The molecule has 8 heteroatoms. The van der Waals surface area contributed by atoms with Gasteiger partial charge < -0.3 is 14.4 Å². The van der Waals surface area contributed by atoms with Crippen LogP contribution in [0, 0.1) is 11.8 Å². The summed E-state index contributed by atoms with van der Waals surface area (Å²) in [4.78, 5) is 31.6. The van der Waals surface area contributed by atoms with Gasteiger partial charge in [-0.15, -0.1) is 10.2 Å². The molecule has 8 nitrogen and oxygen atoms in total. The molecule has 3 heterocycles. The molecule has 1 aliphatic carbocycles. The van der Waals surface area contributed by atoms with Crippen molar-refractivity contribution in [3.05, 3.63) is 12.2 Å². The van der Waals surface area contributed by atoms with Crippen molar-refractivity contribution >= 4 is 11.8 Å². The minimum absolute atomic E-state index is 0.0538. The van der Waals surface area contributed by atoms with E-state index in [2.05, 4.69) is 20.0 Å². The Labute approximate surface area is 166 Å². The Hall–Kier alpha value is -1.96. The zero-order chi connectivity index (χ0) is 19.7. The summed E-state index contributed by atoms with van der Waals surface area (Å²) >= 11 is 0. The van der Waals surface area contributed by atoms with Gasteiger partial charge in [0.15, 0.2) is 5.82 Å². The van der Waals surface area contributed by atoms with E-state index in [1.54, 1.807) is 11.2 Å². The number of rotatable bonds is 5. The van der Waals surface area contributed by atoms with Gasteiger partial charge >= 0.3 is 0 Å². The Morgan fingerprint density at radius 3 is 2.50 bits per heavy atom. The SMILES string of the molecule is CN(Cc1nncn1C)C(=O)[C@@H]1CCCN(C2CCN(C(=O)C3CC3)CC2)C1. The van der Waals surface area contributed by atoms with Crippen molar-refractivity contribution in [1.29, 1.82) is 0 Å². The summed E-state index contributed by atoms with van der Waals surface area (Å²) in [5.74, 6) is 1.75. The Morgan fingerprint density at radius 1 is 1.11 bits per heavy atom. The molecule has 1 aromatic rings. The third-order valence-electron chi connectivity index (χ3n) is 6.58. The number of likely N-dealkylation sites (tertiary alicyclic amines) is 2. The lowest BCUT2D eigenvalue weighted by Crippen LogP contribution is -2.51. The highest BCUT2D eigenvalue weighted by Crippen LogP contribution is 2.32. The minimum Gasteiger partial charge on any atom is -0.342 e. The number of nitrogens with zero attached hydrogens (tertiary/aromatic N) is 6. The second-order valence-electron chi connectivity index (χ2n) is 8.72. The predicted octanol–water partition coefficient (Wildman–Crippen LogP) is 0.887. The van der Waals surface area contributed by atoms with Gasteiger partial charge in [-0.25, -0.2) is 0 Å². The van der Waals surface area contributed by atoms with E-state index in [4.69, 9.17) is 0 Å². The first-order chi connectivity index (χ1) is 13.5. The van der Waals surface area contributed by atoms with Gasteiger partial charge in [0, 0.05) is 45.7 Å². The van der Waals surface area contributed by atoms with E-state index in [1.165, 1.54) is 0 Å². The van der Waals surface area contributed by atoms with Gasteiger partial charge in [0.25, 0.3) is 0 Å². The molecule has 0 aromatic carbocycles. The number of aromatic nitrogens is 3. The van der Waals surface area contributed by atoms with Crippen molar-refractivity contribution in [2.24, 2.45) is 18.9 Å². The fourth-order valence-electron chi connectivity index (χ4n) is 4.63. The lowest BCUT2D eigenvalue weighted by atomic mass is 9.93. The van der Waals surface area contributed by atoms with E-state index in [-0.39, 0.29) is 11.8 Å². The first kappa shape index (κ1) is 19.4. The average Bonchev–Trinajstić information content (AvgIpc) is 3.50. The van der Waals surface area contributed by atoms with E-state index in [0.717, 1.165) is 70.5 Å². The van der Waals surface area contributed by atoms with Crippen LogP contribution in [0.2, 0.25) is 0 Å². The topological polar surface area (TPSA) is 74.6 Å². The van der Waals surface area contributed by atoms with Crippen molar-refractivity contribution in [2.45, 2.75) is 51.1 Å². The van der Waals surface area contributed by atoms with Gasteiger partial charge in [0.1, 0.15) is 6.33 Å². The normalized spacial score (nSPS) is 24.4. The van der Waals surface area contributed by atoms with Gasteiger partial charge in [0.2, 0.25) is 11.8 Å². The summed E-state index contributed by atoms with van der Waals surface area (Å²) in [7, 11) is 3.76. The monoisotopic (exact) mass is 388 g/mol. The summed E-state index contributed by atoms with van der Waals surface area (Å²) in [5, 5.41) is 7.98. The number of carbonyl (C=O) groups excluding carboxylic acids is 2. The van der Waals surface area contributed by atoms with E-state index in [9.17, 15) is 9.59 Å². The van der Waals surface area contributed by atoms with Crippen LogP contribution >= 0.6 is 0 Å². The third-order valence-corrected chi connectivity index (χ3v) is 6.58. The molecular formula is C20H32N6O2. The summed E-state index contributed by atoms with van der Waals surface area (Å²) in [6, 6.07) is 0.503. The molecule has 1 atom stereocenters. The molecule has 0 N–H and O–H groups in total. The Bertz CT molecular complexity index is 707. The molecule has 3 aliphatic rings. The van der Waals surface area contributed by atoms with Gasteiger partial charge in [-0.05, 0) is 45.1 Å². The molecule has 1 saturated carbocycles. The molecule has 2 aliphatic heterocycles. The van der Waals surface area contributed by atoms with Crippen molar-refractivity contribution in [2.75, 3.05) is 33.2 Å². The number of carbonyl (C=O) groups is 2. The summed E-state index contributed by atoms with van der Waals surface area (Å²) in [6.45, 7) is 4.15. The Kier molecular flexibility index (Phi) is 5.66. The van der Waals surface area contributed by atoms with Crippen LogP contribution in [0.3, 0.4) is 0 Å². The first-order valence-corrected chi connectivity index (χ1v) is 10.6. The summed E-state index contributed by atoms with van der Waals surface area (Å²) in [6.07, 6.45) is 7.92. The summed E-state index contributed by atoms with van der Waals surface area (Å²) < 4.78 is 1.85. The highest BCUT2D eigenvalue weighted by atomic mass is 16.2. The van der Waals surface area contributed by atoms with Crippen molar-refractivity contribution in [3.8, 4) is 0 Å². The molecule has 154 valence electrons. The van der Waals surface area contributed by atoms with Crippen molar-refractivity contribution in [3.63, 3.8) is 0 Å². The van der Waals surface area contributed by atoms with Crippen LogP contribution in [-0.2, 0) is 23.2 Å². The predicted molar refractivity (Wildman–Crippen MR) is 104 cm³/mol. The number of hydrogen-bond acceptors (Lipinski definition) is 5. The lowest BCUT2D eigenvalue weighted by molar-refractivity contribution is -0.137. The maximum absolute atomic E-state index is 13.0. The Balaban J connectivity index is 1.28. The number of hydrogen-bond donors (Lipinski definition) is 0. The molecule has 0 spiro atoms. The Morgan fingerprint density at radius 2 is 1.86 bits per heavy atom. The van der Waals surface area contributed by atoms with Crippen LogP contribution < -0.4 is 0 Å². The smallest absolute Gasteiger partial charge is 0.227 e. The molecule has 2 saturated heterocycles. The number of piperidine rings is 2. The fourth-order valence-corrected chi connectivity index (χ4v) is 4.63. The molecule has 0 radical (unpaired) electrons. The molecule has 2 amide bonds. The molecule has 28 heavy (non-hydrogen) atoms. The molecule has 0 unspecified atom stereocenters. The molecule has 3 fully saturated rings. The maximum Gasteiger partial charge on any atom is 0.227 e. The minimum atomic E-state index is 0.0538. The number of amides is 2. The largest absolute Gasteiger partial charge is 0.342 e. The highest BCUT2D eigenvalue weighted by molar-refractivity contribution is 5.81. The lowest BCUT2D eigenvalue weighted by Gasteiger charge is -2.42. The van der Waals surface area contributed by atoms with Gasteiger partial charge in [-0.3, -0.25) is 14.5 Å². The van der Waals surface area contributed by atoms with Crippen LogP contribution in [0.5, 0.6) is 0 Å². The van der Waals surface area contributed by atoms with E-state index in [1.807, 2.05) is 18.7 Å². The van der Waals surface area contributed by atoms with Gasteiger partial charge in [0.05, 0.1) is 12.5 Å². The van der Waals surface area contributed by atoms with Gasteiger partial charge in [-0.2, -0.15) is 0 Å². The molecule has 1 aromatic heterocycles. The van der Waals surface area contributed by atoms with Crippen LogP contribution in [0.15, 0.2) is 6.33 Å². The molecule has 0 bridgehead atoms. The third kappa shape index (κ3) is 4.21. The standard InChI is InChI=1S/C20H32N6O2/c1-23(13-18-22-21-14-24(18)2)19(27)16-4-3-9-26(12-16)17-7-10-25(11-8-17)20(28)15-5-6-15/h14-17H,3-13H2,1-2H3/t16-/m1/s1. The quantitative estimate of drug-likeness (QED) is 0.749. The van der Waals surface area contributed by atoms with E-state index >= 15 is 0 Å². The van der Waals surface area contributed by atoms with E-state index < -0.39 is 0 Å². The van der Waals surface area contributed by atoms with Crippen LogP contribution in [0.4, 0.5) is 0 Å². The van der Waals surface area contributed by atoms with Crippen LogP contribution in [0.25, 0.3) is 0 Å². The molecular weight excluding hydrogens is 356 g/mol. The zero-order valence-corrected chi connectivity index (χ0v) is 17.1. The number of aryl methyl sites for hydroxylation is 1. The molecule has 4 rings (SSSR count). The second-order valence-corrected chi connectivity index (χ2v) is 8.72. The van der Waals surface area contributed by atoms with Crippen molar-refractivity contribution in [1.82, 2.24) is 29.5 Å². The fraction of sp³-hybridized carbons (Fsp3) is 0.800. The van der Waals surface area contributed by atoms with Crippen LogP contribution in [-0.4, -0.2) is 80.5 Å². The van der Waals surface area contributed by atoms with Crippen LogP contribution in [0.1, 0.15) is 44.3 Å². The van der Waals surface area contributed by atoms with Gasteiger partial charge in [-0.1, -0.05) is 0 Å². The average molecular weight is 389 g/mol. The maximum atomic E-state index is 13.0.